The lowest BCUT2D eigenvalue weighted by Crippen LogP contribution is -2.38. The van der Waals surface area contributed by atoms with Crippen molar-refractivity contribution in [2.45, 2.75) is 38.6 Å². The summed E-state index contributed by atoms with van der Waals surface area (Å²) >= 11 is 0. The second-order valence-corrected chi connectivity index (χ2v) is 7.57. The van der Waals surface area contributed by atoms with E-state index in [2.05, 4.69) is 20.2 Å². The monoisotopic (exact) mass is 397 g/mol. The molecule has 29 heavy (non-hydrogen) atoms. The van der Waals surface area contributed by atoms with Crippen LogP contribution in [0.15, 0.2) is 30.5 Å². The molecule has 2 saturated heterocycles. The molecule has 2 amide bonds. The number of anilines is 2. The molecule has 0 unspecified atom stereocenters. The van der Waals surface area contributed by atoms with Crippen LogP contribution in [0.2, 0.25) is 0 Å². The summed E-state index contributed by atoms with van der Waals surface area (Å²) in [4.78, 5) is 37.7. The molecular formula is C21H24FN5O2. The molecular weight excluding hydrogens is 373 g/mol. The van der Waals surface area contributed by atoms with E-state index in [4.69, 9.17) is 0 Å². The Bertz CT molecular complexity index is 912. The van der Waals surface area contributed by atoms with Gasteiger partial charge in [-0.15, -0.1) is 0 Å². The normalized spacial score (nSPS) is 19.5. The maximum absolute atomic E-state index is 13.1. The van der Waals surface area contributed by atoms with Crippen molar-refractivity contribution in [3.63, 3.8) is 0 Å². The first kappa shape index (κ1) is 19.3. The summed E-state index contributed by atoms with van der Waals surface area (Å²) in [6.07, 6.45) is 5.26. The van der Waals surface area contributed by atoms with Crippen LogP contribution in [0.1, 0.15) is 41.7 Å². The zero-order chi connectivity index (χ0) is 20.4. The van der Waals surface area contributed by atoms with Crippen molar-refractivity contribution in [1.82, 2.24) is 15.3 Å². The first-order valence-electron chi connectivity index (χ1n) is 9.96. The molecule has 0 spiro atoms. The number of aromatic nitrogens is 2. The Balaban J connectivity index is 1.41. The molecule has 0 aliphatic carbocycles. The average Bonchev–Trinajstić information content (AvgIpc) is 3.09. The molecule has 1 aromatic carbocycles. The molecule has 4 rings (SSSR count). The summed E-state index contributed by atoms with van der Waals surface area (Å²) in [5, 5.41) is 2.91. The van der Waals surface area contributed by atoms with E-state index in [1.54, 1.807) is 30.2 Å². The van der Waals surface area contributed by atoms with Gasteiger partial charge in [-0.05, 0) is 50.5 Å². The molecule has 7 nitrogen and oxygen atoms in total. The molecule has 0 bridgehead atoms. The Labute approximate surface area is 168 Å². The van der Waals surface area contributed by atoms with Gasteiger partial charge in [0.2, 0.25) is 11.9 Å². The Morgan fingerprint density at radius 3 is 2.59 bits per heavy atom. The van der Waals surface area contributed by atoms with Crippen LogP contribution in [0.25, 0.3) is 0 Å². The van der Waals surface area contributed by atoms with Crippen LogP contribution >= 0.6 is 0 Å². The number of hydrogen-bond acceptors (Lipinski definition) is 5. The average molecular weight is 397 g/mol. The fourth-order valence-electron chi connectivity index (χ4n) is 3.86. The van der Waals surface area contributed by atoms with Crippen molar-refractivity contribution in [3.8, 4) is 0 Å². The molecule has 2 fully saturated rings. The van der Waals surface area contributed by atoms with Gasteiger partial charge in [0, 0.05) is 37.9 Å². The van der Waals surface area contributed by atoms with Gasteiger partial charge < -0.3 is 15.1 Å². The Kier molecular flexibility index (Phi) is 5.42. The fourth-order valence-corrected chi connectivity index (χ4v) is 3.86. The summed E-state index contributed by atoms with van der Waals surface area (Å²) in [6.45, 7) is 4.03. The molecule has 0 saturated carbocycles. The Morgan fingerprint density at radius 2 is 1.90 bits per heavy atom. The van der Waals surface area contributed by atoms with Crippen LogP contribution in [0.4, 0.5) is 16.0 Å². The van der Waals surface area contributed by atoms with E-state index < -0.39 is 0 Å². The quantitative estimate of drug-likeness (QED) is 0.857. The van der Waals surface area contributed by atoms with E-state index in [-0.39, 0.29) is 30.1 Å². The number of piperidine rings is 1. The standard InChI is InChI=1S/C21H24FN5O2/c1-14-18(12-23-21(24-14)26-9-3-2-4-10-26)20(29)25-16-11-19(28)27(13-16)17-7-5-15(22)6-8-17/h5-8,12,16H,2-4,9-11,13H2,1H3,(H,25,29)/t16-/m0/s1. The van der Waals surface area contributed by atoms with Crippen LogP contribution in [-0.2, 0) is 4.79 Å². The van der Waals surface area contributed by atoms with E-state index in [0.29, 0.717) is 29.4 Å². The van der Waals surface area contributed by atoms with Crippen LogP contribution in [-0.4, -0.2) is 47.5 Å². The maximum atomic E-state index is 13.1. The molecule has 152 valence electrons. The number of nitrogens with one attached hydrogen (secondary N) is 1. The van der Waals surface area contributed by atoms with Crippen molar-refractivity contribution in [2.24, 2.45) is 0 Å². The predicted octanol–water partition coefficient (Wildman–Crippen LogP) is 2.45. The maximum Gasteiger partial charge on any atom is 0.254 e. The Hall–Kier alpha value is -3.03. The van der Waals surface area contributed by atoms with E-state index in [1.165, 1.54) is 18.6 Å². The smallest absolute Gasteiger partial charge is 0.254 e. The number of hydrogen-bond donors (Lipinski definition) is 1. The number of nitrogens with zero attached hydrogens (tertiary/aromatic N) is 4. The Morgan fingerprint density at radius 1 is 1.17 bits per heavy atom. The summed E-state index contributed by atoms with van der Waals surface area (Å²) in [5.74, 6) is -0.0761. The second-order valence-electron chi connectivity index (χ2n) is 7.57. The first-order chi connectivity index (χ1) is 14.0. The second kappa shape index (κ2) is 8.14. The predicted molar refractivity (Wildman–Crippen MR) is 107 cm³/mol. The van der Waals surface area contributed by atoms with Crippen LogP contribution in [0, 0.1) is 12.7 Å². The van der Waals surface area contributed by atoms with Crippen LogP contribution in [0.5, 0.6) is 0 Å². The number of aryl methyl sites for hydroxylation is 1. The zero-order valence-electron chi connectivity index (χ0n) is 16.4. The van der Waals surface area contributed by atoms with Gasteiger partial charge in [0.15, 0.2) is 0 Å². The van der Waals surface area contributed by atoms with E-state index in [9.17, 15) is 14.0 Å². The van der Waals surface area contributed by atoms with Crippen molar-refractivity contribution < 1.29 is 14.0 Å². The SMILES string of the molecule is Cc1nc(N2CCCCC2)ncc1C(=O)N[C@H]1CC(=O)N(c2ccc(F)cc2)C1. The largest absolute Gasteiger partial charge is 0.347 e. The van der Waals surface area contributed by atoms with Gasteiger partial charge >= 0.3 is 0 Å². The molecule has 1 atom stereocenters. The van der Waals surface area contributed by atoms with Crippen molar-refractivity contribution in [2.75, 3.05) is 29.4 Å². The lowest BCUT2D eigenvalue weighted by molar-refractivity contribution is -0.117. The zero-order valence-corrected chi connectivity index (χ0v) is 16.4. The van der Waals surface area contributed by atoms with Gasteiger partial charge in [0.25, 0.3) is 5.91 Å². The third kappa shape index (κ3) is 4.21. The van der Waals surface area contributed by atoms with Crippen molar-refractivity contribution in [3.05, 3.63) is 47.5 Å². The highest BCUT2D eigenvalue weighted by atomic mass is 19.1. The lowest BCUT2D eigenvalue weighted by atomic mass is 10.1. The number of halogens is 1. The van der Waals surface area contributed by atoms with Crippen molar-refractivity contribution >= 4 is 23.5 Å². The first-order valence-corrected chi connectivity index (χ1v) is 9.96. The van der Waals surface area contributed by atoms with E-state index in [0.717, 1.165) is 25.9 Å². The highest BCUT2D eigenvalue weighted by Gasteiger charge is 2.32. The summed E-state index contributed by atoms with van der Waals surface area (Å²) in [7, 11) is 0. The van der Waals surface area contributed by atoms with Crippen molar-refractivity contribution in [1.29, 1.82) is 0 Å². The number of carbonyl (C=O) groups excluding carboxylic acids is 2. The molecule has 2 aliphatic rings. The molecule has 2 aromatic rings. The molecule has 1 N–H and O–H groups in total. The number of carbonyl (C=O) groups is 2. The van der Waals surface area contributed by atoms with E-state index >= 15 is 0 Å². The summed E-state index contributed by atoms with van der Waals surface area (Å²) in [5.41, 5.74) is 1.66. The molecule has 8 heteroatoms. The minimum Gasteiger partial charge on any atom is -0.347 e. The summed E-state index contributed by atoms with van der Waals surface area (Å²) in [6, 6.07) is 5.45. The number of benzene rings is 1. The minimum absolute atomic E-state index is 0.102. The number of rotatable bonds is 4. The third-order valence-corrected chi connectivity index (χ3v) is 5.45. The lowest BCUT2D eigenvalue weighted by Gasteiger charge is -2.26. The van der Waals surface area contributed by atoms with Gasteiger partial charge in [-0.3, -0.25) is 9.59 Å². The fraction of sp³-hybridized carbons (Fsp3) is 0.429. The van der Waals surface area contributed by atoms with E-state index in [1.807, 2.05) is 0 Å². The molecule has 3 heterocycles. The van der Waals surface area contributed by atoms with Crippen LogP contribution < -0.4 is 15.1 Å². The van der Waals surface area contributed by atoms with Crippen LogP contribution in [0.3, 0.4) is 0 Å². The van der Waals surface area contributed by atoms with Gasteiger partial charge in [-0.1, -0.05) is 0 Å². The minimum atomic E-state index is -0.353. The molecule has 0 radical (unpaired) electrons. The van der Waals surface area contributed by atoms with Gasteiger partial charge in [-0.2, -0.15) is 0 Å². The number of amides is 2. The molecule has 2 aliphatic heterocycles. The highest BCUT2D eigenvalue weighted by molar-refractivity contribution is 5.99. The molecule has 1 aromatic heterocycles. The van der Waals surface area contributed by atoms with Gasteiger partial charge in [-0.25, -0.2) is 14.4 Å². The topological polar surface area (TPSA) is 78.4 Å². The van der Waals surface area contributed by atoms with Gasteiger partial charge in [0.1, 0.15) is 5.82 Å². The highest BCUT2D eigenvalue weighted by Crippen LogP contribution is 2.22. The third-order valence-electron chi connectivity index (χ3n) is 5.45. The van der Waals surface area contributed by atoms with Gasteiger partial charge in [0.05, 0.1) is 17.3 Å². The summed E-state index contributed by atoms with van der Waals surface area (Å²) < 4.78 is 13.1.